The summed E-state index contributed by atoms with van der Waals surface area (Å²) >= 11 is 0. The van der Waals surface area contributed by atoms with Crippen LogP contribution in [0.25, 0.3) is 0 Å². The monoisotopic (exact) mass is 323 g/mol. The van der Waals surface area contributed by atoms with Crippen LogP contribution in [0.4, 0.5) is 0 Å². The molecule has 132 valence electrons. The number of aliphatic hydroxyl groups excluding tert-OH is 1. The first-order chi connectivity index (χ1) is 11.0. The fourth-order valence-corrected chi connectivity index (χ4v) is 4.61. The summed E-state index contributed by atoms with van der Waals surface area (Å²) in [6, 6.07) is 0. The lowest BCUT2D eigenvalue weighted by Gasteiger charge is -2.56. The number of aliphatic hydroxyl groups is 1. The van der Waals surface area contributed by atoms with Gasteiger partial charge in [-0.25, -0.2) is 0 Å². The van der Waals surface area contributed by atoms with Gasteiger partial charge in [0.15, 0.2) is 0 Å². The molecular formula is C19H33NO3. The van der Waals surface area contributed by atoms with Crippen LogP contribution in [0, 0.1) is 23.2 Å². The summed E-state index contributed by atoms with van der Waals surface area (Å²) in [5.41, 5.74) is 1.91. The van der Waals surface area contributed by atoms with Crippen LogP contribution in [0.3, 0.4) is 0 Å². The van der Waals surface area contributed by atoms with Gasteiger partial charge in [0.05, 0.1) is 25.9 Å². The van der Waals surface area contributed by atoms with E-state index in [4.69, 9.17) is 9.47 Å². The van der Waals surface area contributed by atoms with Gasteiger partial charge >= 0.3 is 0 Å². The van der Waals surface area contributed by atoms with Gasteiger partial charge in [0.2, 0.25) is 0 Å². The van der Waals surface area contributed by atoms with Crippen molar-refractivity contribution in [1.29, 1.82) is 0 Å². The molecule has 4 aliphatic rings. The first-order valence-corrected chi connectivity index (χ1v) is 9.18. The Kier molecular flexibility index (Phi) is 5.46. The van der Waals surface area contributed by atoms with Gasteiger partial charge in [-0.3, -0.25) is 0 Å². The number of rotatable bonds is 8. The fourth-order valence-electron chi connectivity index (χ4n) is 4.61. The fraction of sp³-hybridized carbons (Fsp3) is 0.895. The minimum atomic E-state index is -0.409. The van der Waals surface area contributed by atoms with Gasteiger partial charge in [-0.15, -0.1) is 0 Å². The number of nitrogens with zero attached hydrogens (tertiary/aromatic N) is 1. The first kappa shape index (κ1) is 17.4. The molecule has 4 heteroatoms. The molecule has 2 bridgehead atoms. The van der Waals surface area contributed by atoms with E-state index in [9.17, 15) is 5.11 Å². The highest BCUT2D eigenvalue weighted by atomic mass is 16.5. The van der Waals surface area contributed by atoms with Crippen LogP contribution in [0.1, 0.15) is 33.1 Å². The van der Waals surface area contributed by atoms with E-state index in [1.54, 1.807) is 0 Å². The zero-order chi connectivity index (χ0) is 16.4. The van der Waals surface area contributed by atoms with Crippen LogP contribution in [-0.2, 0) is 9.47 Å². The average molecular weight is 323 g/mol. The van der Waals surface area contributed by atoms with Gasteiger partial charge in [0.1, 0.15) is 0 Å². The molecule has 0 aromatic heterocycles. The van der Waals surface area contributed by atoms with Crippen molar-refractivity contribution >= 4 is 0 Å². The predicted molar refractivity (Wildman–Crippen MR) is 91.3 cm³/mol. The SMILES string of the molecule is CN(CC(O)COCC1=CCC2CC1C2(C)C)CC1CCOC1. The van der Waals surface area contributed by atoms with Crippen molar-refractivity contribution in [3.8, 4) is 0 Å². The van der Waals surface area contributed by atoms with E-state index in [-0.39, 0.29) is 0 Å². The highest BCUT2D eigenvalue weighted by Crippen LogP contribution is 2.59. The number of fused-ring (bicyclic) bond motifs is 1. The summed E-state index contributed by atoms with van der Waals surface area (Å²) in [5.74, 6) is 2.19. The molecule has 4 unspecified atom stereocenters. The molecule has 1 saturated heterocycles. The van der Waals surface area contributed by atoms with Gasteiger partial charge in [0.25, 0.3) is 0 Å². The van der Waals surface area contributed by atoms with E-state index in [0.717, 1.165) is 32.1 Å². The maximum atomic E-state index is 10.2. The number of likely N-dealkylation sites (N-methyl/N-ethyl adjacent to an activating group) is 1. The third kappa shape index (κ3) is 3.98. The van der Waals surface area contributed by atoms with Crippen molar-refractivity contribution in [2.24, 2.45) is 23.2 Å². The first-order valence-electron chi connectivity index (χ1n) is 9.18. The van der Waals surface area contributed by atoms with Crippen LogP contribution in [0.2, 0.25) is 0 Å². The van der Waals surface area contributed by atoms with Crippen molar-refractivity contribution in [2.45, 2.75) is 39.2 Å². The third-order valence-electron chi connectivity index (χ3n) is 6.28. The molecule has 0 aromatic rings. The Morgan fingerprint density at radius 1 is 1.48 bits per heavy atom. The van der Waals surface area contributed by atoms with Gasteiger partial charge < -0.3 is 19.5 Å². The van der Waals surface area contributed by atoms with Crippen LogP contribution in [0.5, 0.6) is 0 Å². The van der Waals surface area contributed by atoms with E-state index in [2.05, 4.69) is 31.9 Å². The van der Waals surface area contributed by atoms with Gasteiger partial charge in [-0.05, 0) is 55.1 Å². The van der Waals surface area contributed by atoms with E-state index >= 15 is 0 Å². The maximum Gasteiger partial charge on any atom is 0.0900 e. The lowest BCUT2D eigenvalue weighted by atomic mass is 9.49. The summed E-state index contributed by atoms with van der Waals surface area (Å²) in [5, 5.41) is 10.2. The molecule has 2 fully saturated rings. The Morgan fingerprint density at radius 3 is 2.96 bits per heavy atom. The average Bonchev–Trinajstić information content (AvgIpc) is 2.99. The Morgan fingerprint density at radius 2 is 2.30 bits per heavy atom. The Bertz CT molecular complexity index is 428. The topological polar surface area (TPSA) is 41.9 Å². The molecule has 1 heterocycles. The Labute approximate surface area is 140 Å². The minimum Gasteiger partial charge on any atom is -0.389 e. The molecular weight excluding hydrogens is 290 g/mol. The summed E-state index contributed by atoms with van der Waals surface area (Å²) in [7, 11) is 2.07. The van der Waals surface area contributed by atoms with E-state index in [1.165, 1.54) is 18.4 Å². The highest BCUT2D eigenvalue weighted by molar-refractivity contribution is 5.23. The second-order valence-corrected chi connectivity index (χ2v) is 8.44. The number of allylic oxidation sites excluding steroid dienone is 1. The molecule has 1 saturated carbocycles. The van der Waals surface area contributed by atoms with Crippen LogP contribution < -0.4 is 0 Å². The van der Waals surface area contributed by atoms with E-state index < -0.39 is 6.10 Å². The van der Waals surface area contributed by atoms with Crippen molar-refractivity contribution in [3.05, 3.63) is 11.6 Å². The highest BCUT2D eigenvalue weighted by Gasteiger charge is 2.50. The molecule has 4 atom stereocenters. The predicted octanol–water partition coefficient (Wildman–Crippen LogP) is 2.32. The standard InChI is InChI=1S/C19H33NO3/c1-19(2)16-5-4-15(18(19)8-16)12-23-13-17(21)10-20(3)9-14-6-7-22-11-14/h4,14,16-18,21H,5-13H2,1-3H3. The van der Waals surface area contributed by atoms with Crippen molar-refractivity contribution in [2.75, 3.05) is 46.6 Å². The van der Waals surface area contributed by atoms with Gasteiger partial charge in [0, 0.05) is 19.7 Å². The molecule has 1 N–H and O–H groups in total. The molecule has 3 aliphatic carbocycles. The van der Waals surface area contributed by atoms with E-state index in [0.29, 0.717) is 37.0 Å². The molecule has 4 nitrogen and oxygen atoms in total. The Hall–Kier alpha value is -0.420. The largest absolute Gasteiger partial charge is 0.389 e. The second-order valence-electron chi connectivity index (χ2n) is 8.44. The molecule has 0 radical (unpaired) electrons. The summed E-state index contributed by atoms with van der Waals surface area (Å²) in [6.07, 6.45) is 5.65. The quantitative estimate of drug-likeness (QED) is 0.696. The summed E-state index contributed by atoms with van der Waals surface area (Å²) < 4.78 is 11.2. The van der Waals surface area contributed by atoms with E-state index in [1.807, 2.05) is 0 Å². The number of hydrogen-bond donors (Lipinski definition) is 1. The van der Waals surface area contributed by atoms with Crippen LogP contribution in [0.15, 0.2) is 11.6 Å². The number of hydrogen-bond acceptors (Lipinski definition) is 4. The van der Waals surface area contributed by atoms with Crippen molar-refractivity contribution in [1.82, 2.24) is 4.90 Å². The second kappa shape index (κ2) is 7.22. The minimum absolute atomic E-state index is 0.409. The summed E-state index contributed by atoms with van der Waals surface area (Å²) in [6.45, 7) is 9.32. The van der Waals surface area contributed by atoms with Crippen LogP contribution >= 0.6 is 0 Å². The van der Waals surface area contributed by atoms with Crippen molar-refractivity contribution < 1.29 is 14.6 Å². The molecule has 0 amide bonds. The molecule has 0 spiro atoms. The lowest BCUT2D eigenvalue weighted by Crippen LogP contribution is -2.48. The zero-order valence-corrected chi connectivity index (χ0v) is 15.0. The van der Waals surface area contributed by atoms with Gasteiger partial charge in [-0.1, -0.05) is 19.9 Å². The molecule has 0 aromatic carbocycles. The molecule has 4 rings (SSSR count). The third-order valence-corrected chi connectivity index (χ3v) is 6.28. The Balaban J connectivity index is 1.33. The van der Waals surface area contributed by atoms with Gasteiger partial charge in [-0.2, -0.15) is 0 Å². The molecule has 1 aliphatic heterocycles. The normalized spacial score (nSPS) is 33.4. The lowest BCUT2D eigenvalue weighted by molar-refractivity contribution is -0.0258. The van der Waals surface area contributed by atoms with Crippen molar-refractivity contribution in [3.63, 3.8) is 0 Å². The number of ether oxygens (including phenoxy) is 2. The van der Waals surface area contributed by atoms with Crippen LogP contribution in [-0.4, -0.2) is 62.7 Å². The zero-order valence-electron chi connectivity index (χ0n) is 15.0. The molecule has 23 heavy (non-hydrogen) atoms. The smallest absolute Gasteiger partial charge is 0.0900 e. The summed E-state index contributed by atoms with van der Waals surface area (Å²) in [4.78, 5) is 2.20. The maximum absolute atomic E-state index is 10.2.